The molecule has 0 aliphatic carbocycles. The molecule has 0 radical (unpaired) electrons. The van der Waals surface area contributed by atoms with Gasteiger partial charge in [-0.15, -0.1) is 11.8 Å². The van der Waals surface area contributed by atoms with Crippen LogP contribution in [0.25, 0.3) is 0 Å². The molecule has 2 aromatic carbocycles. The Balaban J connectivity index is 1.43. The van der Waals surface area contributed by atoms with Gasteiger partial charge < -0.3 is 10.0 Å². The molecule has 0 unspecified atom stereocenters. The standard InChI is InChI=1S/C23H32N2OS/c1-2-19-27-23-13-7-6-11-21(23)25-17-15-24(16-18-25)14-8-12-22(26)20-9-4-3-5-10-20/h3-7,9-11,13,22,26H,2,8,12,14-19H2,1H3/t22-/m0/s1. The van der Waals surface area contributed by atoms with E-state index in [0.717, 1.165) is 51.1 Å². The fourth-order valence-electron chi connectivity index (χ4n) is 3.61. The highest BCUT2D eigenvalue weighted by atomic mass is 32.2. The lowest BCUT2D eigenvalue weighted by Gasteiger charge is -2.37. The molecule has 1 heterocycles. The van der Waals surface area contributed by atoms with E-state index < -0.39 is 0 Å². The van der Waals surface area contributed by atoms with Crippen LogP contribution in [0.3, 0.4) is 0 Å². The average molecular weight is 385 g/mol. The van der Waals surface area contributed by atoms with Gasteiger partial charge in [0, 0.05) is 31.1 Å². The van der Waals surface area contributed by atoms with Crippen LogP contribution in [0, 0.1) is 0 Å². The highest BCUT2D eigenvalue weighted by molar-refractivity contribution is 7.99. The predicted molar refractivity (Wildman–Crippen MR) is 117 cm³/mol. The molecule has 0 spiro atoms. The van der Waals surface area contributed by atoms with E-state index in [1.165, 1.54) is 22.8 Å². The topological polar surface area (TPSA) is 26.7 Å². The van der Waals surface area contributed by atoms with Gasteiger partial charge in [0.25, 0.3) is 0 Å². The summed E-state index contributed by atoms with van der Waals surface area (Å²) in [7, 11) is 0. The van der Waals surface area contributed by atoms with Gasteiger partial charge in [0.2, 0.25) is 0 Å². The third-order valence-electron chi connectivity index (χ3n) is 5.18. The number of rotatable bonds is 9. The van der Waals surface area contributed by atoms with Crippen LogP contribution in [0.4, 0.5) is 5.69 Å². The summed E-state index contributed by atoms with van der Waals surface area (Å²) in [5.41, 5.74) is 2.43. The Bertz CT molecular complexity index is 671. The minimum absolute atomic E-state index is 0.338. The van der Waals surface area contributed by atoms with E-state index in [2.05, 4.69) is 41.0 Å². The first-order valence-electron chi connectivity index (χ1n) is 10.2. The van der Waals surface area contributed by atoms with Gasteiger partial charge >= 0.3 is 0 Å². The Morgan fingerprint density at radius 2 is 1.67 bits per heavy atom. The molecule has 1 aliphatic heterocycles. The van der Waals surface area contributed by atoms with E-state index in [4.69, 9.17) is 0 Å². The third-order valence-corrected chi connectivity index (χ3v) is 6.44. The predicted octanol–water partition coefficient (Wildman–Crippen LogP) is 4.82. The van der Waals surface area contributed by atoms with Gasteiger partial charge in [-0.1, -0.05) is 49.4 Å². The maximum Gasteiger partial charge on any atom is 0.0790 e. The van der Waals surface area contributed by atoms with Gasteiger partial charge in [0.15, 0.2) is 0 Å². The Labute approximate surface area is 168 Å². The fourth-order valence-corrected chi connectivity index (χ4v) is 4.56. The van der Waals surface area contributed by atoms with E-state index >= 15 is 0 Å². The molecule has 3 nitrogen and oxygen atoms in total. The van der Waals surface area contributed by atoms with E-state index in [1.807, 2.05) is 42.1 Å². The summed E-state index contributed by atoms with van der Waals surface area (Å²) in [4.78, 5) is 6.49. The largest absolute Gasteiger partial charge is 0.388 e. The van der Waals surface area contributed by atoms with Crippen molar-refractivity contribution >= 4 is 17.4 Å². The number of piperazine rings is 1. The molecule has 146 valence electrons. The number of para-hydroxylation sites is 1. The van der Waals surface area contributed by atoms with Gasteiger partial charge in [0.05, 0.1) is 11.8 Å². The molecule has 1 atom stereocenters. The van der Waals surface area contributed by atoms with Gasteiger partial charge in [-0.2, -0.15) is 0 Å². The van der Waals surface area contributed by atoms with Gasteiger partial charge in [-0.3, -0.25) is 4.90 Å². The molecular formula is C23H32N2OS. The minimum atomic E-state index is -0.338. The first kappa shape index (κ1) is 20.2. The second kappa shape index (κ2) is 10.7. The Kier molecular flexibility index (Phi) is 8.06. The molecular weight excluding hydrogens is 352 g/mol. The Hall–Kier alpha value is -1.49. The smallest absolute Gasteiger partial charge is 0.0790 e. The Morgan fingerprint density at radius 1 is 0.963 bits per heavy atom. The number of anilines is 1. The number of benzene rings is 2. The lowest BCUT2D eigenvalue weighted by Crippen LogP contribution is -2.46. The number of aliphatic hydroxyl groups excluding tert-OH is 1. The fraction of sp³-hybridized carbons (Fsp3) is 0.478. The lowest BCUT2D eigenvalue weighted by atomic mass is 10.0. The highest BCUT2D eigenvalue weighted by Gasteiger charge is 2.19. The maximum atomic E-state index is 10.3. The van der Waals surface area contributed by atoms with Crippen molar-refractivity contribution in [2.45, 2.75) is 37.2 Å². The van der Waals surface area contributed by atoms with E-state index in [0.29, 0.717) is 0 Å². The van der Waals surface area contributed by atoms with Crippen molar-refractivity contribution in [3.63, 3.8) is 0 Å². The zero-order chi connectivity index (χ0) is 18.9. The monoisotopic (exact) mass is 384 g/mol. The second-order valence-electron chi connectivity index (χ2n) is 7.21. The van der Waals surface area contributed by atoms with Crippen LogP contribution in [-0.2, 0) is 0 Å². The molecule has 1 aliphatic rings. The normalized spacial score (nSPS) is 16.4. The second-order valence-corrected chi connectivity index (χ2v) is 8.35. The molecule has 0 bridgehead atoms. The molecule has 1 saturated heterocycles. The van der Waals surface area contributed by atoms with E-state index in [1.54, 1.807) is 0 Å². The maximum absolute atomic E-state index is 10.3. The summed E-state index contributed by atoms with van der Waals surface area (Å²) < 4.78 is 0. The summed E-state index contributed by atoms with van der Waals surface area (Å²) >= 11 is 1.97. The minimum Gasteiger partial charge on any atom is -0.388 e. The van der Waals surface area contributed by atoms with Crippen molar-refractivity contribution in [2.24, 2.45) is 0 Å². The van der Waals surface area contributed by atoms with Crippen molar-refractivity contribution in [2.75, 3.05) is 43.4 Å². The lowest BCUT2D eigenvalue weighted by molar-refractivity contribution is 0.154. The molecule has 3 rings (SSSR count). The first-order valence-corrected chi connectivity index (χ1v) is 11.2. The summed E-state index contributed by atoms with van der Waals surface area (Å²) in [5, 5.41) is 10.3. The van der Waals surface area contributed by atoms with Crippen LogP contribution < -0.4 is 4.90 Å². The number of hydrogen-bond acceptors (Lipinski definition) is 4. The number of thioether (sulfide) groups is 1. The van der Waals surface area contributed by atoms with Crippen molar-refractivity contribution in [3.05, 3.63) is 60.2 Å². The quantitative estimate of drug-likeness (QED) is 0.627. The van der Waals surface area contributed by atoms with E-state index in [9.17, 15) is 5.11 Å². The number of nitrogens with zero attached hydrogens (tertiary/aromatic N) is 2. The highest BCUT2D eigenvalue weighted by Crippen LogP contribution is 2.31. The summed E-state index contributed by atoms with van der Waals surface area (Å²) in [6.07, 6.45) is 2.75. The van der Waals surface area contributed by atoms with Crippen molar-refractivity contribution in [1.82, 2.24) is 4.90 Å². The Morgan fingerprint density at radius 3 is 2.41 bits per heavy atom. The van der Waals surface area contributed by atoms with E-state index in [-0.39, 0.29) is 6.10 Å². The van der Waals surface area contributed by atoms with Crippen LogP contribution in [0.1, 0.15) is 37.9 Å². The van der Waals surface area contributed by atoms with Gasteiger partial charge in [0.1, 0.15) is 0 Å². The van der Waals surface area contributed by atoms with Crippen LogP contribution >= 0.6 is 11.8 Å². The SMILES string of the molecule is CCCSc1ccccc1N1CCN(CCC[C@H](O)c2ccccc2)CC1. The zero-order valence-electron chi connectivity index (χ0n) is 16.4. The molecule has 27 heavy (non-hydrogen) atoms. The van der Waals surface area contributed by atoms with Gasteiger partial charge in [-0.05, 0) is 49.3 Å². The molecule has 0 aromatic heterocycles. The molecule has 0 amide bonds. The van der Waals surface area contributed by atoms with Crippen LogP contribution in [-0.4, -0.2) is 48.5 Å². The third kappa shape index (κ3) is 6.00. The molecule has 2 aromatic rings. The van der Waals surface area contributed by atoms with Crippen molar-refractivity contribution in [1.29, 1.82) is 0 Å². The molecule has 0 saturated carbocycles. The average Bonchev–Trinajstić information content (AvgIpc) is 2.73. The summed E-state index contributed by atoms with van der Waals surface area (Å²) in [5.74, 6) is 1.18. The van der Waals surface area contributed by atoms with Crippen molar-refractivity contribution < 1.29 is 5.11 Å². The molecule has 1 N–H and O–H groups in total. The molecule has 1 fully saturated rings. The van der Waals surface area contributed by atoms with Crippen LogP contribution in [0.2, 0.25) is 0 Å². The number of aliphatic hydroxyl groups is 1. The van der Waals surface area contributed by atoms with Crippen LogP contribution in [0.15, 0.2) is 59.5 Å². The summed E-state index contributed by atoms with van der Waals surface area (Å²) in [6.45, 7) is 7.70. The van der Waals surface area contributed by atoms with Crippen molar-refractivity contribution in [3.8, 4) is 0 Å². The zero-order valence-corrected chi connectivity index (χ0v) is 17.2. The van der Waals surface area contributed by atoms with Crippen LogP contribution in [0.5, 0.6) is 0 Å². The van der Waals surface area contributed by atoms with Gasteiger partial charge in [-0.25, -0.2) is 0 Å². The summed E-state index contributed by atoms with van der Waals surface area (Å²) in [6, 6.07) is 18.8. The molecule has 4 heteroatoms. The first-order chi connectivity index (χ1) is 13.3. The number of hydrogen-bond donors (Lipinski definition) is 1.